The molecule has 2 aliphatic rings. The molecule has 0 radical (unpaired) electrons. The van der Waals surface area contributed by atoms with Crippen molar-refractivity contribution < 1.29 is 18.5 Å². The summed E-state index contributed by atoms with van der Waals surface area (Å²) >= 11 is 5.26. The van der Waals surface area contributed by atoms with Gasteiger partial charge in [-0.1, -0.05) is 60.1 Å². The molecule has 5 rings (SSSR count). The van der Waals surface area contributed by atoms with Crippen molar-refractivity contribution in [3.63, 3.8) is 0 Å². The molecule has 1 saturated heterocycles. The molecule has 1 aliphatic heterocycles. The Hall–Kier alpha value is -2.58. The number of fused-ring (bicyclic) bond motifs is 3. The SMILES string of the molecule is Cc1cc(F)cc([C@@H]2[C@H](N[S@+]([O-])C(C)(C)C)CCN2C(=O)OCC2c3ccccc3-c3ccccc32)c1Cl. The molecular weight excluding hydrogens is 523 g/mol. The molecule has 1 heterocycles. The number of ether oxygens (including phenoxy) is 1. The third kappa shape index (κ3) is 5.05. The molecule has 0 saturated carbocycles. The van der Waals surface area contributed by atoms with E-state index in [0.717, 1.165) is 22.3 Å². The highest BCUT2D eigenvalue weighted by Gasteiger charge is 2.44. The lowest BCUT2D eigenvalue weighted by molar-refractivity contribution is 0.0938. The summed E-state index contributed by atoms with van der Waals surface area (Å²) in [6.07, 6.45) is 0.0310. The molecule has 3 atom stereocenters. The zero-order valence-electron chi connectivity index (χ0n) is 22.0. The standard InChI is InChI=1S/C30H32ClFN2O3S/c1-18-15-19(32)16-24(27(18)31)28-26(33-38(36)30(2,3)4)13-14-34(28)29(35)37-17-25-22-11-7-5-9-20(22)21-10-6-8-12-23(21)25/h5-12,15-16,25-26,28,33H,13-14,17H2,1-4H3/t26-,28-,38-/m1/s1. The van der Waals surface area contributed by atoms with E-state index in [1.165, 1.54) is 12.1 Å². The van der Waals surface area contributed by atoms with Gasteiger partial charge in [0, 0.05) is 28.8 Å². The number of aryl methyl sites for hydroxylation is 1. The van der Waals surface area contributed by atoms with Crippen molar-refractivity contribution in [2.45, 2.75) is 56.9 Å². The first kappa shape index (κ1) is 27.0. The van der Waals surface area contributed by atoms with Crippen LogP contribution in [0.15, 0.2) is 60.7 Å². The van der Waals surface area contributed by atoms with Crippen LogP contribution >= 0.6 is 11.6 Å². The Kier molecular flexibility index (Phi) is 7.48. The lowest BCUT2D eigenvalue weighted by Gasteiger charge is -2.32. The second kappa shape index (κ2) is 10.5. The van der Waals surface area contributed by atoms with Gasteiger partial charge < -0.3 is 9.29 Å². The smallest absolute Gasteiger partial charge is 0.410 e. The van der Waals surface area contributed by atoms with E-state index in [9.17, 15) is 13.7 Å². The summed E-state index contributed by atoms with van der Waals surface area (Å²) < 4.78 is 36.1. The largest absolute Gasteiger partial charge is 0.598 e. The van der Waals surface area contributed by atoms with Crippen LogP contribution in [-0.4, -0.2) is 39.5 Å². The molecule has 0 aromatic heterocycles. The van der Waals surface area contributed by atoms with Crippen molar-refractivity contribution in [2.24, 2.45) is 0 Å². The minimum atomic E-state index is -1.39. The normalized spacial score (nSPS) is 19.8. The first-order chi connectivity index (χ1) is 18.1. The Bertz CT molecular complexity index is 1320. The average Bonchev–Trinajstić information content (AvgIpc) is 3.43. The van der Waals surface area contributed by atoms with E-state index < -0.39 is 34.1 Å². The fourth-order valence-electron chi connectivity index (χ4n) is 5.46. The molecule has 1 N–H and O–H groups in total. The summed E-state index contributed by atoms with van der Waals surface area (Å²) in [7, 11) is 0. The number of rotatable bonds is 5. The molecule has 1 aliphatic carbocycles. The molecule has 3 aromatic carbocycles. The monoisotopic (exact) mass is 554 g/mol. The lowest BCUT2D eigenvalue weighted by atomic mass is 9.98. The van der Waals surface area contributed by atoms with E-state index in [-0.39, 0.29) is 18.6 Å². The summed E-state index contributed by atoms with van der Waals surface area (Å²) in [5.41, 5.74) is 5.63. The number of halogens is 2. The van der Waals surface area contributed by atoms with Gasteiger partial charge in [-0.15, -0.1) is 4.72 Å². The van der Waals surface area contributed by atoms with Crippen LogP contribution in [0.5, 0.6) is 0 Å². The van der Waals surface area contributed by atoms with Crippen LogP contribution in [0.25, 0.3) is 11.1 Å². The van der Waals surface area contributed by atoms with Crippen molar-refractivity contribution >= 4 is 29.1 Å². The highest BCUT2D eigenvalue weighted by atomic mass is 35.5. The number of hydrogen-bond acceptors (Lipinski definition) is 4. The second-order valence-electron chi connectivity index (χ2n) is 11.0. The number of carbonyl (C=O) groups excluding carboxylic acids is 1. The summed E-state index contributed by atoms with van der Waals surface area (Å²) in [6.45, 7) is 7.91. The van der Waals surface area contributed by atoms with Crippen LogP contribution in [0, 0.1) is 12.7 Å². The first-order valence-corrected chi connectivity index (χ1v) is 14.3. The van der Waals surface area contributed by atoms with Crippen molar-refractivity contribution in [2.75, 3.05) is 13.2 Å². The molecule has 0 spiro atoms. The van der Waals surface area contributed by atoms with Crippen LogP contribution in [-0.2, 0) is 16.1 Å². The van der Waals surface area contributed by atoms with Gasteiger partial charge in [0.15, 0.2) is 0 Å². The van der Waals surface area contributed by atoms with Crippen LogP contribution in [0.4, 0.5) is 9.18 Å². The van der Waals surface area contributed by atoms with Crippen LogP contribution < -0.4 is 4.72 Å². The highest BCUT2D eigenvalue weighted by molar-refractivity contribution is 7.90. The molecule has 3 aromatic rings. The minimum Gasteiger partial charge on any atom is -0.598 e. The van der Waals surface area contributed by atoms with Gasteiger partial charge in [0.1, 0.15) is 17.2 Å². The number of nitrogens with one attached hydrogen (secondary N) is 1. The zero-order chi connectivity index (χ0) is 27.2. The Labute approximate surface area is 231 Å². The Morgan fingerprint density at radius 1 is 1.11 bits per heavy atom. The molecule has 0 bridgehead atoms. The summed E-state index contributed by atoms with van der Waals surface area (Å²) in [6, 6.07) is 18.1. The van der Waals surface area contributed by atoms with E-state index in [2.05, 4.69) is 29.0 Å². The molecule has 5 nitrogen and oxygen atoms in total. The van der Waals surface area contributed by atoms with Crippen molar-refractivity contribution in [3.8, 4) is 11.1 Å². The Morgan fingerprint density at radius 2 is 1.71 bits per heavy atom. The summed E-state index contributed by atoms with van der Waals surface area (Å²) in [4.78, 5) is 15.2. The van der Waals surface area contributed by atoms with E-state index >= 15 is 0 Å². The van der Waals surface area contributed by atoms with E-state index in [1.54, 1.807) is 11.8 Å². The Balaban J connectivity index is 1.41. The van der Waals surface area contributed by atoms with Gasteiger partial charge in [-0.2, -0.15) is 0 Å². The van der Waals surface area contributed by atoms with Crippen molar-refractivity contribution in [1.82, 2.24) is 9.62 Å². The predicted molar refractivity (Wildman–Crippen MR) is 150 cm³/mol. The summed E-state index contributed by atoms with van der Waals surface area (Å²) in [5.74, 6) is -0.508. The van der Waals surface area contributed by atoms with Gasteiger partial charge in [0.25, 0.3) is 0 Å². The molecule has 1 fully saturated rings. The van der Waals surface area contributed by atoms with Gasteiger partial charge in [-0.3, -0.25) is 4.90 Å². The molecule has 38 heavy (non-hydrogen) atoms. The van der Waals surface area contributed by atoms with Crippen LogP contribution in [0.1, 0.15) is 61.4 Å². The maximum absolute atomic E-state index is 14.5. The van der Waals surface area contributed by atoms with E-state index in [4.69, 9.17) is 16.3 Å². The van der Waals surface area contributed by atoms with E-state index in [0.29, 0.717) is 29.1 Å². The van der Waals surface area contributed by atoms with Gasteiger partial charge in [-0.25, -0.2) is 9.18 Å². The molecule has 200 valence electrons. The summed E-state index contributed by atoms with van der Waals surface area (Å²) in [5, 5.41) is 0.392. The number of amides is 1. The van der Waals surface area contributed by atoms with Crippen LogP contribution in [0.3, 0.4) is 0 Å². The fourth-order valence-corrected chi connectivity index (χ4v) is 6.56. The molecule has 1 amide bonds. The third-order valence-corrected chi connectivity index (χ3v) is 9.49. The average molecular weight is 555 g/mol. The predicted octanol–water partition coefficient (Wildman–Crippen LogP) is 6.90. The van der Waals surface area contributed by atoms with Gasteiger partial charge in [-0.05, 0) is 79.6 Å². The zero-order valence-corrected chi connectivity index (χ0v) is 23.5. The number of hydrogen-bond donors (Lipinski definition) is 1. The minimum absolute atomic E-state index is 0.0743. The number of nitrogens with zero attached hydrogens (tertiary/aromatic N) is 1. The lowest BCUT2D eigenvalue weighted by Crippen LogP contribution is -2.47. The van der Waals surface area contributed by atoms with Crippen molar-refractivity contribution in [1.29, 1.82) is 0 Å². The second-order valence-corrected chi connectivity index (χ2v) is 13.3. The number of benzene rings is 3. The first-order valence-electron chi connectivity index (χ1n) is 12.8. The fraction of sp³-hybridized carbons (Fsp3) is 0.367. The Morgan fingerprint density at radius 3 is 2.32 bits per heavy atom. The van der Waals surface area contributed by atoms with Gasteiger partial charge >= 0.3 is 6.09 Å². The van der Waals surface area contributed by atoms with Gasteiger partial charge in [0.05, 0.1) is 12.1 Å². The number of carbonyl (C=O) groups is 1. The van der Waals surface area contributed by atoms with E-state index in [1.807, 2.05) is 45.0 Å². The molecular formula is C30H32ClFN2O3S. The maximum atomic E-state index is 14.5. The highest BCUT2D eigenvalue weighted by Crippen LogP contribution is 2.45. The molecule has 8 heteroatoms. The molecule has 0 unspecified atom stereocenters. The van der Waals surface area contributed by atoms with Gasteiger partial charge in [0.2, 0.25) is 0 Å². The van der Waals surface area contributed by atoms with Crippen LogP contribution in [0.2, 0.25) is 5.02 Å². The third-order valence-electron chi connectivity index (χ3n) is 7.35. The maximum Gasteiger partial charge on any atom is 0.410 e. The van der Waals surface area contributed by atoms with Crippen molar-refractivity contribution in [3.05, 3.63) is 93.8 Å². The topological polar surface area (TPSA) is 64.6 Å². The number of likely N-dealkylation sites (tertiary alicyclic amines) is 1. The quantitative estimate of drug-likeness (QED) is 0.348.